The predicted octanol–water partition coefficient (Wildman–Crippen LogP) is 2.41. The van der Waals surface area contributed by atoms with Crippen LogP contribution in [-0.4, -0.2) is 20.6 Å². The molecule has 0 atom stereocenters. The fourth-order valence-corrected chi connectivity index (χ4v) is 2.38. The lowest BCUT2D eigenvalue weighted by atomic mass is 10.0. The molecule has 6 heteroatoms. The van der Waals surface area contributed by atoms with Crippen LogP contribution in [0.25, 0.3) is 10.9 Å². The summed E-state index contributed by atoms with van der Waals surface area (Å²) in [6, 6.07) is 3.18. The highest BCUT2D eigenvalue weighted by Crippen LogP contribution is 2.32. The molecule has 0 bridgehead atoms. The largest absolute Gasteiger partial charge is 0.481 e. The molecule has 0 aliphatic carbocycles. The molecule has 0 radical (unpaired) electrons. The lowest BCUT2D eigenvalue weighted by Crippen LogP contribution is -1.97. The van der Waals surface area contributed by atoms with Gasteiger partial charge < -0.3 is 9.67 Å². The van der Waals surface area contributed by atoms with Crippen molar-refractivity contribution in [2.24, 2.45) is 7.05 Å². The molecule has 0 amide bonds. The Morgan fingerprint density at radius 1 is 1.47 bits per heavy atom. The zero-order chi connectivity index (χ0) is 14.2. The van der Waals surface area contributed by atoms with Crippen molar-refractivity contribution in [1.82, 2.24) is 4.57 Å². The number of benzene rings is 1. The van der Waals surface area contributed by atoms with Crippen molar-refractivity contribution >= 4 is 22.6 Å². The summed E-state index contributed by atoms with van der Waals surface area (Å²) < 4.78 is 1.69. The van der Waals surface area contributed by atoms with Crippen LogP contribution in [0, 0.1) is 17.0 Å². The summed E-state index contributed by atoms with van der Waals surface area (Å²) >= 11 is 0. The molecule has 0 fully saturated rings. The Morgan fingerprint density at radius 3 is 2.74 bits per heavy atom. The number of carbonyl (C=O) groups is 1. The van der Waals surface area contributed by atoms with Gasteiger partial charge in [0.15, 0.2) is 0 Å². The van der Waals surface area contributed by atoms with Gasteiger partial charge in [0.05, 0.1) is 4.92 Å². The molecule has 1 heterocycles. The number of fused-ring (bicyclic) bond motifs is 1. The van der Waals surface area contributed by atoms with Gasteiger partial charge in [-0.3, -0.25) is 14.9 Å². The Kier molecular flexibility index (Phi) is 3.25. The van der Waals surface area contributed by atoms with Crippen LogP contribution in [0.15, 0.2) is 18.3 Å². The lowest BCUT2D eigenvalue weighted by Gasteiger charge is -2.02. The Hall–Kier alpha value is -2.37. The number of nitrogens with zero attached hydrogens (tertiary/aromatic N) is 2. The lowest BCUT2D eigenvalue weighted by molar-refractivity contribution is -0.383. The normalized spacial score (nSPS) is 10.8. The van der Waals surface area contributed by atoms with E-state index in [1.165, 1.54) is 6.07 Å². The number of aryl methyl sites for hydroxylation is 3. The molecule has 1 aromatic carbocycles. The van der Waals surface area contributed by atoms with Gasteiger partial charge in [-0.25, -0.2) is 0 Å². The Bertz CT molecular complexity index is 673. The van der Waals surface area contributed by atoms with Crippen LogP contribution >= 0.6 is 0 Å². The molecule has 1 aromatic heterocycles. The van der Waals surface area contributed by atoms with E-state index < -0.39 is 10.9 Å². The fourth-order valence-electron chi connectivity index (χ4n) is 2.38. The minimum absolute atomic E-state index is 0.0151. The molecule has 0 unspecified atom stereocenters. The highest BCUT2D eigenvalue weighted by molar-refractivity contribution is 5.94. The Balaban J connectivity index is 2.65. The smallest absolute Gasteiger partial charge is 0.303 e. The van der Waals surface area contributed by atoms with Gasteiger partial charge in [-0.1, -0.05) is 6.07 Å². The van der Waals surface area contributed by atoms with Gasteiger partial charge in [0.25, 0.3) is 5.69 Å². The van der Waals surface area contributed by atoms with E-state index in [1.807, 2.05) is 6.92 Å². The molecule has 0 saturated carbocycles. The second-order valence-corrected chi connectivity index (χ2v) is 4.54. The third-order valence-electron chi connectivity index (χ3n) is 3.19. The summed E-state index contributed by atoms with van der Waals surface area (Å²) in [4.78, 5) is 21.3. The third kappa shape index (κ3) is 2.29. The molecular formula is C13H14N2O4. The maximum absolute atomic E-state index is 11.1. The van der Waals surface area contributed by atoms with Gasteiger partial charge in [0.1, 0.15) is 5.52 Å². The second kappa shape index (κ2) is 4.72. The van der Waals surface area contributed by atoms with E-state index in [9.17, 15) is 14.9 Å². The number of hydrogen-bond acceptors (Lipinski definition) is 3. The summed E-state index contributed by atoms with van der Waals surface area (Å²) in [5.41, 5.74) is 2.35. The van der Waals surface area contributed by atoms with Gasteiger partial charge in [-0.05, 0) is 24.5 Å². The maximum Gasteiger partial charge on any atom is 0.303 e. The van der Waals surface area contributed by atoms with Crippen molar-refractivity contribution in [3.63, 3.8) is 0 Å². The zero-order valence-corrected chi connectivity index (χ0v) is 10.7. The van der Waals surface area contributed by atoms with E-state index in [0.29, 0.717) is 11.9 Å². The number of hydrogen-bond donors (Lipinski definition) is 1. The highest BCUT2D eigenvalue weighted by atomic mass is 16.6. The SMILES string of the molecule is Cc1ccc([N+](=O)[O-])c2c1c(CCC(=O)O)cn2C. The van der Waals surface area contributed by atoms with Crippen molar-refractivity contribution in [3.8, 4) is 0 Å². The van der Waals surface area contributed by atoms with E-state index in [1.54, 1.807) is 23.9 Å². The third-order valence-corrected chi connectivity index (χ3v) is 3.19. The molecule has 2 rings (SSSR count). The van der Waals surface area contributed by atoms with Gasteiger partial charge >= 0.3 is 5.97 Å². The van der Waals surface area contributed by atoms with Crippen LogP contribution in [0.4, 0.5) is 5.69 Å². The minimum Gasteiger partial charge on any atom is -0.481 e. The molecule has 1 N–H and O–H groups in total. The summed E-state index contributed by atoms with van der Waals surface area (Å²) in [5.74, 6) is -0.875. The summed E-state index contributed by atoms with van der Waals surface area (Å²) in [7, 11) is 1.74. The number of nitro groups is 1. The molecule has 0 aliphatic rings. The van der Waals surface area contributed by atoms with Crippen molar-refractivity contribution < 1.29 is 14.8 Å². The average molecular weight is 262 g/mol. The topological polar surface area (TPSA) is 85.4 Å². The zero-order valence-electron chi connectivity index (χ0n) is 10.7. The monoisotopic (exact) mass is 262 g/mol. The van der Waals surface area contributed by atoms with Crippen LogP contribution < -0.4 is 0 Å². The van der Waals surface area contributed by atoms with Crippen molar-refractivity contribution in [2.45, 2.75) is 19.8 Å². The van der Waals surface area contributed by atoms with Crippen molar-refractivity contribution in [2.75, 3.05) is 0 Å². The standard InChI is InChI=1S/C13H14N2O4/c1-8-3-5-10(15(18)19)13-12(8)9(7-14(13)2)4-6-11(16)17/h3,5,7H,4,6H2,1-2H3,(H,16,17). The van der Waals surface area contributed by atoms with E-state index in [0.717, 1.165) is 16.5 Å². The number of nitro benzene ring substituents is 1. The first-order valence-electron chi connectivity index (χ1n) is 5.85. The molecule has 0 aliphatic heterocycles. The van der Waals surface area contributed by atoms with E-state index in [4.69, 9.17) is 5.11 Å². The minimum atomic E-state index is -0.875. The van der Waals surface area contributed by atoms with Crippen molar-refractivity contribution in [3.05, 3.63) is 39.6 Å². The first-order chi connectivity index (χ1) is 8.91. The van der Waals surface area contributed by atoms with Gasteiger partial charge in [0.2, 0.25) is 0 Å². The number of rotatable bonds is 4. The van der Waals surface area contributed by atoms with E-state index in [2.05, 4.69) is 0 Å². The molecular weight excluding hydrogens is 248 g/mol. The first-order valence-corrected chi connectivity index (χ1v) is 5.85. The molecule has 19 heavy (non-hydrogen) atoms. The van der Waals surface area contributed by atoms with Crippen LogP contribution in [0.3, 0.4) is 0 Å². The van der Waals surface area contributed by atoms with E-state index >= 15 is 0 Å². The van der Waals surface area contributed by atoms with Crippen LogP contribution in [-0.2, 0) is 18.3 Å². The molecule has 0 spiro atoms. The number of carboxylic acids is 1. The van der Waals surface area contributed by atoms with Crippen LogP contribution in [0.2, 0.25) is 0 Å². The van der Waals surface area contributed by atoms with E-state index in [-0.39, 0.29) is 12.1 Å². The van der Waals surface area contributed by atoms with Crippen LogP contribution in [0.1, 0.15) is 17.5 Å². The Labute approximate surface area is 109 Å². The number of non-ortho nitro benzene ring substituents is 1. The quantitative estimate of drug-likeness (QED) is 0.677. The molecule has 100 valence electrons. The average Bonchev–Trinajstić information content (AvgIpc) is 2.65. The molecule has 6 nitrogen and oxygen atoms in total. The summed E-state index contributed by atoms with van der Waals surface area (Å²) in [6.07, 6.45) is 2.16. The summed E-state index contributed by atoms with van der Waals surface area (Å²) in [6.45, 7) is 1.87. The maximum atomic E-state index is 11.1. The first kappa shape index (κ1) is 13.1. The fraction of sp³-hybridized carbons (Fsp3) is 0.308. The van der Waals surface area contributed by atoms with Crippen LogP contribution in [0.5, 0.6) is 0 Å². The van der Waals surface area contributed by atoms with Gasteiger partial charge in [0, 0.05) is 31.1 Å². The predicted molar refractivity (Wildman–Crippen MR) is 70.3 cm³/mol. The number of aromatic nitrogens is 1. The van der Waals surface area contributed by atoms with Gasteiger partial charge in [-0.2, -0.15) is 0 Å². The second-order valence-electron chi connectivity index (χ2n) is 4.54. The van der Waals surface area contributed by atoms with Gasteiger partial charge in [-0.15, -0.1) is 0 Å². The number of carboxylic acid groups (broad SMARTS) is 1. The van der Waals surface area contributed by atoms with Crippen molar-refractivity contribution in [1.29, 1.82) is 0 Å². The number of aliphatic carboxylic acids is 1. The molecule has 0 saturated heterocycles. The highest BCUT2D eigenvalue weighted by Gasteiger charge is 2.19. The summed E-state index contributed by atoms with van der Waals surface area (Å²) in [5, 5.41) is 20.6. The molecule has 2 aromatic rings. The Morgan fingerprint density at radius 2 is 2.16 bits per heavy atom.